The Hall–Kier alpha value is 0.400. The van der Waals surface area contributed by atoms with Crippen molar-refractivity contribution < 1.29 is 0 Å². The lowest BCUT2D eigenvalue weighted by atomic mass is 10.3. The predicted octanol–water partition coefficient (Wildman–Crippen LogP) is 1.86. The van der Waals surface area contributed by atoms with Crippen LogP contribution in [0.2, 0.25) is 0 Å². The van der Waals surface area contributed by atoms with Crippen LogP contribution in [0.1, 0.15) is 19.8 Å². The van der Waals surface area contributed by atoms with E-state index in [2.05, 4.69) is 11.9 Å². The largest absolute Gasteiger partial charge is 0.294 e. The fourth-order valence-electron chi connectivity index (χ4n) is 0.684. The summed E-state index contributed by atoms with van der Waals surface area (Å²) in [6.07, 6.45) is 2.52. The Morgan fingerprint density at radius 1 is 1.57 bits per heavy atom. The predicted molar refractivity (Wildman–Crippen MR) is 42.6 cm³/mol. The fraction of sp³-hybridized carbons (Fsp3) is 0.800. The van der Waals surface area contributed by atoms with Gasteiger partial charge in [0.25, 0.3) is 0 Å². The van der Waals surface area contributed by atoms with E-state index in [9.17, 15) is 0 Å². The highest BCUT2D eigenvalue weighted by Crippen LogP contribution is 2.00. The van der Waals surface area contributed by atoms with E-state index in [-0.39, 0.29) is 24.0 Å². The zero-order valence-corrected chi connectivity index (χ0v) is 6.81. The molecule has 1 aliphatic rings. The van der Waals surface area contributed by atoms with Gasteiger partial charge in [-0.25, -0.2) is 0 Å². The number of halogens is 1. The molecule has 0 N–H and O–H groups in total. The quantitative estimate of drug-likeness (QED) is 0.542. The molecule has 0 aromatic carbocycles. The minimum atomic E-state index is 0. The Morgan fingerprint density at radius 2 is 2.29 bits per heavy atom. The van der Waals surface area contributed by atoms with Crippen molar-refractivity contribution in [3.63, 3.8) is 0 Å². The van der Waals surface area contributed by atoms with Crippen LogP contribution in [0.4, 0.5) is 0 Å². The maximum absolute atomic E-state index is 4.15. The fourth-order valence-corrected chi connectivity index (χ4v) is 0.684. The van der Waals surface area contributed by atoms with Crippen LogP contribution in [-0.4, -0.2) is 12.3 Å². The van der Waals surface area contributed by atoms with Crippen LogP contribution in [0.25, 0.3) is 0 Å². The Kier molecular flexibility index (Phi) is 3.60. The van der Waals surface area contributed by atoms with Crippen LogP contribution >= 0.6 is 24.0 Å². The molecule has 42 valence electrons. The smallest absolute Gasteiger partial charge is 0.0392 e. The Morgan fingerprint density at radius 3 is 2.43 bits per heavy atom. The molecule has 0 radical (unpaired) electrons. The normalized spacial score (nSPS) is 18.1. The van der Waals surface area contributed by atoms with Crippen molar-refractivity contribution in [3.05, 3.63) is 0 Å². The molecule has 0 aromatic heterocycles. The highest BCUT2D eigenvalue weighted by molar-refractivity contribution is 14.0. The van der Waals surface area contributed by atoms with Gasteiger partial charge in [0.1, 0.15) is 0 Å². The molecule has 2 heteroatoms. The van der Waals surface area contributed by atoms with Crippen molar-refractivity contribution in [3.8, 4) is 0 Å². The van der Waals surface area contributed by atoms with Crippen molar-refractivity contribution >= 4 is 29.7 Å². The number of hydrogen-bond donors (Lipinski definition) is 0. The number of nitrogens with zero attached hydrogens (tertiary/aromatic N) is 1. The van der Waals surface area contributed by atoms with E-state index in [1.807, 2.05) is 0 Å². The average Bonchev–Trinajstić information content (AvgIpc) is 1.86. The molecular weight excluding hydrogens is 201 g/mol. The summed E-state index contributed by atoms with van der Waals surface area (Å²) in [6, 6.07) is 0. The van der Waals surface area contributed by atoms with Crippen LogP contribution in [0.5, 0.6) is 0 Å². The summed E-state index contributed by atoms with van der Waals surface area (Å²) in [7, 11) is 0. The van der Waals surface area contributed by atoms with Gasteiger partial charge in [-0.3, -0.25) is 4.99 Å². The summed E-state index contributed by atoms with van der Waals surface area (Å²) in [5.74, 6) is 0. The van der Waals surface area contributed by atoms with E-state index in [1.165, 1.54) is 18.6 Å². The highest BCUT2D eigenvalue weighted by Gasteiger charge is 1.96. The second-order valence-corrected chi connectivity index (χ2v) is 1.72. The summed E-state index contributed by atoms with van der Waals surface area (Å²) >= 11 is 0. The van der Waals surface area contributed by atoms with Gasteiger partial charge in [0.2, 0.25) is 0 Å². The summed E-state index contributed by atoms with van der Waals surface area (Å²) in [6.45, 7) is 3.17. The van der Waals surface area contributed by atoms with E-state index in [4.69, 9.17) is 0 Å². The van der Waals surface area contributed by atoms with Crippen LogP contribution in [0, 0.1) is 0 Å². The first kappa shape index (κ1) is 7.40. The topological polar surface area (TPSA) is 12.4 Å². The van der Waals surface area contributed by atoms with Gasteiger partial charge >= 0.3 is 0 Å². The highest BCUT2D eigenvalue weighted by atomic mass is 127. The van der Waals surface area contributed by atoms with Gasteiger partial charge in [0.05, 0.1) is 0 Å². The lowest BCUT2D eigenvalue weighted by Gasteiger charge is -1.76. The van der Waals surface area contributed by atoms with Gasteiger partial charge in [-0.05, 0) is 19.8 Å². The number of rotatable bonds is 0. The van der Waals surface area contributed by atoms with Crippen molar-refractivity contribution in [2.75, 3.05) is 6.54 Å². The molecule has 0 saturated carbocycles. The van der Waals surface area contributed by atoms with Crippen LogP contribution in [0.3, 0.4) is 0 Å². The van der Waals surface area contributed by atoms with Crippen LogP contribution in [-0.2, 0) is 0 Å². The zero-order chi connectivity index (χ0) is 4.41. The van der Waals surface area contributed by atoms with E-state index >= 15 is 0 Å². The molecule has 0 aliphatic carbocycles. The van der Waals surface area contributed by atoms with Crippen molar-refractivity contribution in [1.29, 1.82) is 0 Å². The summed E-state index contributed by atoms with van der Waals surface area (Å²) in [4.78, 5) is 4.15. The molecule has 7 heavy (non-hydrogen) atoms. The second kappa shape index (κ2) is 3.41. The van der Waals surface area contributed by atoms with Gasteiger partial charge in [-0.2, -0.15) is 0 Å². The third kappa shape index (κ3) is 2.26. The molecule has 0 unspecified atom stereocenters. The van der Waals surface area contributed by atoms with E-state index in [1.54, 1.807) is 0 Å². The monoisotopic (exact) mass is 211 g/mol. The minimum Gasteiger partial charge on any atom is -0.294 e. The van der Waals surface area contributed by atoms with Gasteiger partial charge < -0.3 is 0 Å². The minimum absolute atomic E-state index is 0. The first-order valence-corrected chi connectivity index (χ1v) is 2.39. The molecule has 0 aromatic rings. The summed E-state index contributed by atoms with van der Waals surface area (Å²) in [5, 5.41) is 0. The van der Waals surface area contributed by atoms with Gasteiger partial charge in [0, 0.05) is 12.3 Å². The molecule has 0 amide bonds. The van der Waals surface area contributed by atoms with E-state index in [0.717, 1.165) is 6.54 Å². The SMILES string of the molecule is CC1=NCCC1.I. The van der Waals surface area contributed by atoms with Crippen molar-refractivity contribution in [2.24, 2.45) is 4.99 Å². The van der Waals surface area contributed by atoms with Gasteiger partial charge in [0.15, 0.2) is 0 Å². The molecule has 1 aliphatic heterocycles. The van der Waals surface area contributed by atoms with E-state index < -0.39 is 0 Å². The third-order valence-corrected chi connectivity index (χ3v) is 1.08. The number of hydrogen-bond acceptors (Lipinski definition) is 1. The Balaban J connectivity index is 0.000000360. The standard InChI is InChI=1S/C5H9N.HI/c1-5-3-2-4-6-5;/h2-4H2,1H3;1H. The zero-order valence-electron chi connectivity index (χ0n) is 4.48. The Labute approximate surface area is 61.2 Å². The first-order valence-electron chi connectivity index (χ1n) is 2.39. The maximum Gasteiger partial charge on any atom is 0.0392 e. The maximum atomic E-state index is 4.15. The average molecular weight is 211 g/mol. The molecule has 0 saturated heterocycles. The van der Waals surface area contributed by atoms with Crippen molar-refractivity contribution in [2.45, 2.75) is 19.8 Å². The van der Waals surface area contributed by atoms with Gasteiger partial charge in [-0.1, -0.05) is 0 Å². The van der Waals surface area contributed by atoms with Crippen molar-refractivity contribution in [1.82, 2.24) is 0 Å². The summed E-state index contributed by atoms with van der Waals surface area (Å²) in [5.41, 5.74) is 1.33. The molecule has 0 atom stereocenters. The lowest BCUT2D eigenvalue weighted by molar-refractivity contribution is 0.951. The van der Waals surface area contributed by atoms with Gasteiger partial charge in [-0.15, -0.1) is 24.0 Å². The molecule has 0 spiro atoms. The van der Waals surface area contributed by atoms with Crippen LogP contribution < -0.4 is 0 Å². The number of aliphatic imine (C=N–C) groups is 1. The molecular formula is C5H10IN. The molecule has 0 bridgehead atoms. The molecule has 1 rings (SSSR count). The molecule has 0 fully saturated rings. The lowest BCUT2D eigenvalue weighted by Crippen LogP contribution is -1.77. The third-order valence-electron chi connectivity index (χ3n) is 1.08. The summed E-state index contributed by atoms with van der Waals surface area (Å²) < 4.78 is 0. The van der Waals surface area contributed by atoms with Crippen LogP contribution in [0.15, 0.2) is 4.99 Å². The first-order chi connectivity index (χ1) is 2.89. The molecule has 1 heterocycles. The van der Waals surface area contributed by atoms with E-state index in [0.29, 0.717) is 0 Å². The molecule has 1 nitrogen and oxygen atoms in total. The Bertz CT molecular complexity index is 78.1. The second-order valence-electron chi connectivity index (χ2n) is 1.72.